The van der Waals surface area contributed by atoms with Crippen molar-refractivity contribution in [3.8, 4) is 5.75 Å². The molecule has 0 heterocycles. The first-order chi connectivity index (χ1) is 12.3. The maximum atomic E-state index is 12.1. The zero-order chi connectivity index (χ0) is 19.1. The molecule has 0 radical (unpaired) electrons. The van der Waals surface area contributed by atoms with E-state index in [0.717, 1.165) is 0 Å². The van der Waals surface area contributed by atoms with Crippen molar-refractivity contribution in [3.63, 3.8) is 0 Å². The highest BCUT2D eigenvalue weighted by Crippen LogP contribution is 2.25. The molecule has 5 nitrogen and oxygen atoms in total. The third-order valence-electron chi connectivity index (χ3n) is 3.41. The summed E-state index contributed by atoms with van der Waals surface area (Å²) in [5, 5.41) is 14.1. The molecule has 140 valence electrons. The number of para-hydroxylation sites is 1. The molecule has 26 heavy (non-hydrogen) atoms. The largest absolute Gasteiger partial charge is 0.489 e. The summed E-state index contributed by atoms with van der Waals surface area (Å²) in [7, 11) is 1.73. The van der Waals surface area contributed by atoms with Crippen LogP contribution in [0.15, 0.2) is 42.5 Å². The van der Waals surface area contributed by atoms with E-state index in [1.165, 1.54) is 0 Å². The van der Waals surface area contributed by atoms with Gasteiger partial charge in [-0.1, -0.05) is 46.9 Å². The standard InChI is InChI=1S/C18H19Cl3N2O3/c1-23(9-13(24)11-26-17-5-3-2-4-15(17)20)10-18(25)22-12-6-7-14(19)16(21)8-12/h2-8,13,24H,9-11H2,1H3,(H,22,25). The molecule has 2 aromatic carbocycles. The van der Waals surface area contributed by atoms with E-state index >= 15 is 0 Å². The van der Waals surface area contributed by atoms with Gasteiger partial charge in [-0.15, -0.1) is 0 Å². The summed E-state index contributed by atoms with van der Waals surface area (Å²) in [6.45, 7) is 0.436. The Kier molecular flexibility index (Phi) is 8.00. The van der Waals surface area contributed by atoms with Crippen LogP contribution in [0.25, 0.3) is 0 Å². The highest BCUT2D eigenvalue weighted by Gasteiger charge is 2.13. The number of likely N-dealkylation sites (N-methyl/N-ethyl adjacent to an activating group) is 1. The Morgan fingerprint density at radius 1 is 1.15 bits per heavy atom. The minimum absolute atomic E-state index is 0.0719. The maximum absolute atomic E-state index is 12.1. The predicted octanol–water partition coefficient (Wildman–Crippen LogP) is 3.96. The lowest BCUT2D eigenvalue weighted by Gasteiger charge is -2.20. The molecule has 0 bridgehead atoms. The van der Waals surface area contributed by atoms with Crippen molar-refractivity contribution in [3.05, 3.63) is 57.5 Å². The zero-order valence-corrected chi connectivity index (χ0v) is 16.4. The first-order valence-corrected chi connectivity index (χ1v) is 8.97. The van der Waals surface area contributed by atoms with Crippen molar-refractivity contribution < 1.29 is 14.6 Å². The molecule has 8 heteroatoms. The van der Waals surface area contributed by atoms with Gasteiger partial charge < -0.3 is 15.2 Å². The van der Waals surface area contributed by atoms with Gasteiger partial charge in [0, 0.05) is 12.2 Å². The molecular formula is C18H19Cl3N2O3. The van der Waals surface area contributed by atoms with Gasteiger partial charge in [-0.2, -0.15) is 0 Å². The van der Waals surface area contributed by atoms with Crippen molar-refractivity contribution in [1.29, 1.82) is 0 Å². The molecule has 0 aliphatic rings. The van der Waals surface area contributed by atoms with Gasteiger partial charge in [0.15, 0.2) is 0 Å². The van der Waals surface area contributed by atoms with Gasteiger partial charge >= 0.3 is 0 Å². The van der Waals surface area contributed by atoms with Gasteiger partial charge in [0.25, 0.3) is 0 Å². The van der Waals surface area contributed by atoms with Crippen LogP contribution in [0, 0.1) is 0 Å². The van der Waals surface area contributed by atoms with E-state index in [1.807, 2.05) is 0 Å². The fourth-order valence-electron chi connectivity index (χ4n) is 2.24. The molecule has 0 spiro atoms. The number of hydrogen-bond donors (Lipinski definition) is 2. The molecule has 2 N–H and O–H groups in total. The molecule has 2 rings (SSSR count). The SMILES string of the molecule is CN(CC(=O)Nc1ccc(Cl)c(Cl)c1)CC(O)COc1ccccc1Cl. The number of anilines is 1. The second kappa shape index (κ2) is 10.00. The van der Waals surface area contributed by atoms with E-state index in [1.54, 1.807) is 54.4 Å². The number of nitrogens with one attached hydrogen (secondary N) is 1. The Morgan fingerprint density at radius 2 is 1.88 bits per heavy atom. The van der Waals surface area contributed by atoms with Crippen molar-refractivity contribution in [1.82, 2.24) is 4.90 Å². The minimum Gasteiger partial charge on any atom is -0.489 e. The van der Waals surface area contributed by atoms with Crippen molar-refractivity contribution in [2.24, 2.45) is 0 Å². The van der Waals surface area contributed by atoms with Gasteiger partial charge in [-0.3, -0.25) is 9.69 Å². The van der Waals surface area contributed by atoms with Gasteiger partial charge in [0.05, 0.1) is 21.6 Å². The molecule has 1 amide bonds. The second-order valence-corrected chi connectivity index (χ2v) is 6.99. The molecule has 0 aromatic heterocycles. The summed E-state index contributed by atoms with van der Waals surface area (Å²) < 4.78 is 5.49. The number of amides is 1. The molecule has 0 saturated heterocycles. The van der Waals surface area contributed by atoms with Gasteiger partial charge in [-0.25, -0.2) is 0 Å². The van der Waals surface area contributed by atoms with E-state index in [0.29, 0.717) is 26.5 Å². The zero-order valence-electron chi connectivity index (χ0n) is 14.1. The molecule has 0 aliphatic carbocycles. The first kappa shape index (κ1) is 20.8. The second-order valence-electron chi connectivity index (χ2n) is 5.77. The number of ether oxygens (including phenoxy) is 1. The lowest BCUT2D eigenvalue weighted by Crippen LogP contribution is -2.37. The Labute approximate surface area is 167 Å². The van der Waals surface area contributed by atoms with Crippen LogP contribution < -0.4 is 10.1 Å². The summed E-state index contributed by atoms with van der Waals surface area (Å²) in [5.41, 5.74) is 0.556. The van der Waals surface area contributed by atoms with E-state index in [-0.39, 0.29) is 25.6 Å². The van der Waals surface area contributed by atoms with Crippen molar-refractivity contribution in [2.45, 2.75) is 6.10 Å². The Hall–Kier alpha value is -1.50. The van der Waals surface area contributed by atoms with Crippen LogP contribution in [0.5, 0.6) is 5.75 Å². The number of carbonyl (C=O) groups is 1. The smallest absolute Gasteiger partial charge is 0.238 e. The average Bonchev–Trinajstić information content (AvgIpc) is 2.57. The molecule has 0 saturated carbocycles. The van der Waals surface area contributed by atoms with Gasteiger partial charge in [0.2, 0.25) is 5.91 Å². The molecule has 2 aromatic rings. The normalized spacial score (nSPS) is 12.1. The monoisotopic (exact) mass is 416 g/mol. The summed E-state index contributed by atoms with van der Waals surface area (Å²) in [6.07, 6.45) is -0.769. The molecule has 1 unspecified atom stereocenters. The van der Waals surface area contributed by atoms with E-state index in [9.17, 15) is 9.90 Å². The van der Waals surface area contributed by atoms with Gasteiger partial charge in [0.1, 0.15) is 18.5 Å². The van der Waals surface area contributed by atoms with Crippen LogP contribution in [0.3, 0.4) is 0 Å². The van der Waals surface area contributed by atoms with Crippen LogP contribution in [-0.2, 0) is 4.79 Å². The average molecular weight is 418 g/mol. The fraction of sp³-hybridized carbons (Fsp3) is 0.278. The number of nitrogens with zero attached hydrogens (tertiary/aromatic N) is 1. The highest BCUT2D eigenvalue weighted by molar-refractivity contribution is 6.42. The van der Waals surface area contributed by atoms with Crippen LogP contribution in [0.1, 0.15) is 0 Å². The third kappa shape index (κ3) is 6.67. The van der Waals surface area contributed by atoms with E-state index in [2.05, 4.69) is 5.32 Å². The topological polar surface area (TPSA) is 61.8 Å². The quantitative estimate of drug-likeness (QED) is 0.682. The summed E-state index contributed by atoms with van der Waals surface area (Å²) in [5.74, 6) is 0.276. The number of rotatable bonds is 8. The highest BCUT2D eigenvalue weighted by atomic mass is 35.5. The number of carbonyl (C=O) groups excluding carboxylic acids is 1. The van der Waals surface area contributed by atoms with E-state index in [4.69, 9.17) is 39.5 Å². The van der Waals surface area contributed by atoms with Gasteiger partial charge in [-0.05, 0) is 37.4 Å². The van der Waals surface area contributed by atoms with E-state index < -0.39 is 6.10 Å². The predicted molar refractivity (Wildman–Crippen MR) is 106 cm³/mol. The van der Waals surface area contributed by atoms with Crippen LogP contribution in [0.2, 0.25) is 15.1 Å². The molecular weight excluding hydrogens is 399 g/mol. The summed E-state index contributed by atoms with van der Waals surface area (Å²) >= 11 is 17.8. The Balaban J connectivity index is 1.76. The summed E-state index contributed by atoms with van der Waals surface area (Å²) in [6, 6.07) is 11.9. The number of hydrogen-bond acceptors (Lipinski definition) is 4. The Morgan fingerprint density at radius 3 is 2.58 bits per heavy atom. The molecule has 0 fully saturated rings. The Bertz CT molecular complexity index is 758. The fourth-order valence-corrected chi connectivity index (χ4v) is 2.73. The molecule has 0 aliphatic heterocycles. The first-order valence-electron chi connectivity index (χ1n) is 7.84. The van der Waals surface area contributed by atoms with Crippen LogP contribution in [-0.4, -0.2) is 48.8 Å². The summed E-state index contributed by atoms with van der Waals surface area (Å²) in [4.78, 5) is 13.8. The maximum Gasteiger partial charge on any atom is 0.238 e. The van der Waals surface area contributed by atoms with Crippen LogP contribution >= 0.6 is 34.8 Å². The van der Waals surface area contributed by atoms with Crippen molar-refractivity contribution >= 4 is 46.4 Å². The minimum atomic E-state index is -0.769. The number of aliphatic hydroxyl groups is 1. The number of benzene rings is 2. The number of halogens is 3. The third-order valence-corrected chi connectivity index (χ3v) is 4.46. The lowest BCUT2D eigenvalue weighted by molar-refractivity contribution is -0.117. The molecule has 1 atom stereocenters. The number of aliphatic hydroxyl groups excluding tert-OH is 1. The lowest BCUT2D eigenvalue weighted by atomic mass is 10.3. The van der Waals surface area contributed by atoms with Crippen molar-refractivity contribution in [2.75, 3.05) is 32.1 Å². The van der Waals surface area contributed by atoms with Crippen LogP contribution in [0.4, 0.5) is 5.69 Å².